The van der Waals surface area contributed by atoms with Crippen LogP contribution in [0.1, 0.15) is 18.1 Å². The minimum absolute atomic E-state index is 0.278. The summed E-state index contributed by atoms with van der Waals surface area (Å²) in [5.74, 6) is 3.84. The van der Waals surface area contributed by atoms with Crippen LogP contribution in [0.15, 0.2) is 24.3 Å². The highest BCUT2D eigenvalue weighted by Gasteiger charge is 1.82. The molecule has 3 heteroatoms. The Morgan fingerprint density at radius 3 is 1.94 bits per heavy atom. The molecule has 3 nitrogen and oxygen atoms in total. The predicted octanol–water partition coefficient (Wildman–Crippen LogP) is 1.65. The number of nitrogens with two attached hydrogens (primary N) is 1. The summed E-state index contributed by atoms with van der Waals surface area (Å²) < 4.78 is 0. The molecule has 0 radical (unpaired) electrons. The molecule has 0 aliphatic heterocycles. The van der Waals surface area contributed by atoms with Gasteiger partial charge < -0.3 is 10.8 Å². The molecule has 0 fully saturated rings. The molecule has 0 aliphatic carbocycles. The SMILES string of the molecule is C#CC.C#Cc1ccc(C)cc1.NCC(=O)O. The average Bonchev–Trinajstić information content (AvgIpc) is 2.32. The Balaban J connectivity index is 0. The van der Waals surface area contributed by atoms with Gasteiger partial charge in [0.25, 0.3) is 0 Å². The van der Waals surface area contributed by atoms with E-state index in [4.69, 9.17) is 11.5 Å². The number of benzene rings is 1. The molecule has 0 saturated carbocycles. The number of carboxylic acids is 1. The maximum absolute atomic E-state index is 9.24. The lowest BCUT2D eigenvalue weighted by Gasteiger charge is -1.89. The minimum Gasteiger partial charge on any atom is -0.480 e. The molecule has 0 aromatic heterocycles. The highest BCUT2D eigenvalue weighted by molar-refractivity contribution is 5.68. The van der Waals surface area contributed by atoms with Gasteiger partial charge in [0.15, 0.2) is 0 Å². The summed E-state index contributed by atoms with van der Waals surface area (Å²) in [5, 5.41) is 7.60. The summed E-state index contributed by atoms with van der Waals surface area (Å²) in [6.45, 7) is 3.42. The number of hydrogen-bond donors (Lipinski definition) is 2. The van der Waals surface area contributed by atoms with E-state index in [-0.39, 0.29) is 6.54 Å². The molecule has 0 unspecified atom stereocenters. The Bertz CT molecular complexity index is 394. The molecular formula is C14H17NO2. The van der Waals surface area contributed by atoms with Crippen molar-refractivity contribution in [3.8, 4) is 24.7 Å². The topological polar surface area (TPSA) is 63.3 Å². The summed E-state index contributed by atoms with van der Waals surface area (Å²) in [7, 11) is 0. The van der Waals surface area contributed by atoms with E-state index in [0.717, 1.165) is 5.56 Å². The molecule has 0 bridgehead atoms. The largest absolute Gasteiger partial charge is 0.480 e. The van der Waals surface area contributed by atoms with Gasteiger partial charge in [-0.2, -0.15) is 0 Å². The maximum Gasteiger partial charge on any atom is 0.317 e. The zero-order chi connectivity index (χ0) is 13.7. The van der Waals surface area contributed by atoms with Crippen LogP contribution in [-0.2, 0) is 4.79 Å². The third kappa shape index (κ3) is 13.8. The molecule has 0 aliphatic rings. The lowest BCUT2D eigenvalue weighted by molar-refractivity contribution is -0.135. The molecular weight excluding hydrogens is 214 g/mol. The first-order chi connectivity index (χ1) is 8.01. The molecule has 1 aromatic carbocycles. The monoisotopic (exact) mass is 231 g/mol. The molecule has 90 valence electrons. The Kier molecular flexibility index (Phi) is 12.0. The maximum atomic E-state index is 9.24. The van der Waals surface area contributed by atoms with Crippen molar-refractivity contribution in [2.45, 2.75) is 13.8 Å². The van der Waals surface area contributed by atoms with Crippen molar-refractivity contribution in [3.05, 3.63) is 35.4 Å². The number of carboxylic acid groups (broad SMARTS) is 1. The first-order valence-electron chi connectivity index (χ1n) is 4.84. The van der Waals surface area contributed by atoms with Gasteiger partial charge in [0.2, 0.25) is 0 Å². The van der Waals surface area contributed by atoms with Gasteiger partial charge in [0.05, 0.1) is 6.54 Å². The Labute approximate surface area is 103 Å². The van der Waals surface area contributed by atoms with Crippen LogP contribution in [0.25, 0.3) is 0 Å². The molecule has 0 saturated heterocycles. The fourth-order valence-electron chi connectivity index (χ4n) is 0.650. The van der Waals surface area contributed by atoms with E-state index >= 15 is 0 Å². The molecule has 3 N–H and O–H groups in total. The third-order valence-corrected chi connectivity index (χ3v) is 1.39. The highest BCUT2D eigenvalue weighted by Crippen LogP contribution is 1.99. The van der Waals surface area contributed by atoms with Gasteiger partial charge in [0, 0.05) is 5.56 Å². The van der Waals surface area contributed by atoms with E-state index in [0.29, 0.717) is 0 Å². The number of aliphatic carboxylic acids is 1. The standard InChI is InChI=1S/C9H8.C3H4.C2H5NO2/c1-3-9-6-4-8(2)5-7-9;1-3-2;3-1-2(4)5/h1,4-7H,2H3;1H,2H3;1,3H2,(H,4,5). The second-order valence-electron chi connectivity index (χ2n) is 2.90. The van der Waals surface area contributed by atoms with Crippen molar-refractivity contribution >= 4 is 5.97 Å². The van der Waals surface area contributed by atoms with Crippen molar-refractivity contribution in [2.24, 2.45) is 5.73 Å². The summed E-state index contributed by atoms with van der Waals surface area (Å²) in [5.41, 5.74) is 6.76. The van der Waals surface area contributed by atoms with Crippen LogP contribution >= 0.6 is 0 Å². The quantitative estimate of drug-likeness (QED) is 0.722. The summed E-state index contributed by atoms with van der Waals surface area (Å²) in [4.78, 5) is 9.24. The van der Waals surface area contributed by atoms with Crippen LogP contribution < -0.4 is 5.73 Å². The Hall–Kier alpha value is -2.23. The van der Waals surface area contributed by atoms with E-state index in [2.05, 4.69) is 24.0 Å². The van der Waals surface area contributed by atoms with Gasteiger partial charge >= 0.3 is 5.97 Å². The zero-order valence-electron chi connectivity index (χ0n) is 10.1. The van der Waals surface area contributed by atoms with Crippen molar-refractivity contribution in [1.29, 1.82) is 0 Å². The van der Waals surface area contributed by atoms with E-state index in [1.54, 1.807) is 6.92 Å². The van der Waals surface area contributed by atoms with Crippen molar-refractivity contribution in [1.82, 2.24) is 0 Å². The van der Waals surface area contributed by atoms with Crippen LogP contribution in [0.5, 0.6) is 0 Å². The molecule has 17 heavy (non-hydrogen) atoms. The molecule has 0 amide bonds. The lowest BCUT2D eigenvalue weighted by atomic mass is 10.2. The fraction of sp³-hybridized carbons (Fsp3) is 0.214. The average molecular weight is 231 g/mol. The van der Waals surface area contributed by atoms with E-state index in [1.807, 2.05) is 31.2 Å². The number of carbonyl (C=O) groups is 1. The number of rotatable bonds is 1. The third-order valence-electron chi connectivity index (χ3n) is 1.39. The minimum atomic E-state index is -0.968. The molecule has 0 heterocycles. The summed E-state index contributed by atoms with van der Waals surface area (Å²) in [6, 6.07) is 7.90. The van der Waals surface area contributed by atoms with Crippen LogP contribution in [0.3, 0.4) is 0 Å². The van der Waals surface area contributed by atoms with Crippen molar-refractivity contribution in [2.75, 3.05) is 6.54 Å². The van der Waals surface area contributed by atoms with Crippen LogP contribution in [-0.4, -0.2) is 17.6 Å². The number of terminal acetylenes is 2. The smallest absolute Gasteiger partial charge is 0.317 e. The molecule has 1 aromatic rings. The van der Waals surface area contributed by atoms with Crippen LogP contribution in [0.2, 0.25) is 0 Å². The van der Waals surface area contributed by atoms with Crippen LogP contribution in [0.4, 0.5) is 0 Å². The Morgan fingerprint density at radius 1 is 1.35 bits per heavy atom. The van der Waals surface area contributed by atoms with E-state index in [9.17, 15) is 4.79 Å². The van der Waals surface area contributed by atoms with Crippen LogP contribution in [0, 0.1) is 31.6 Å². The summed E-state index contributed by atoms with van der Waals surface area (Å²) >= 11 is 0. The van der Waals surface area contributed by atoms with E-state index < -0.39 is 5.97 Å². The first-order valence-corrected chi connectivity index (χ1v) is 4.84. The normalized spacial score (nSPS) is 7.12. The zero-order valence-corrected chi connectivity index (χ0v) is 10.1. The van der Waals surface area contributed by atoms with Crippen molar-refractivity contribution < 1.29 is 9.90 Å². The molecule has 0 spiro atoms. The van der Waals surface area contributed by atoms with Gasteiger partial charge in [-0.3, -0.25) is 4.79 Å². The number of aryl methyl sites for hydroxylation is 1. The Morgan fingerprint density at radius 2 is 1.71 bits per heavy atom. The highest BCUT2D eigenvalue weighted by atomic mass is 16.4. The first kappa shape index (κ1) is 17.2. The molecule has 1 rings (SSSR count). The van der Waals surface area contributed by atoms with Gasteiger partial charge in [-0.05, 0) is 26.0 Å². The van der Waals surface area contributed by atoms with Gasteiger partial charge in [0.1, 0.15) is 0 Å². The van der Waals surface area contributed by atoms with Crippen molar-refractivity contribution in [3.63, 3.8) is 0 Å². The fourth-order valence-corrected chi connectivity index (χ4v) is 0.650. The number of hydrogen-bond acceptors (Lipinski definition) is 2. The lowest BCUT2D eigenvalue weighted by Crippen LogP contribution is -2.10. The second kappa shape index (κ2) is 11.8. The van der Waals surface area contributed by atoms with E-state index in [1.165, 1.54) is 5.56 Å². The van der Waals surface area contributed by atoms with Gasteiger partial charge in [-0.25, -0.2) is 0 Å². The molecule has 0 atom stereocenters. The predicted molar refractivity (Wildman–Crippen MR) is 70.3 cm³/mol. The van der Waals surface area contributed by atoms with Gasteiger partial charge in [-0.1, -0.05) is 23.6 Å². The van der Waals surface area contributed by atoms with Gasteiger partial charge in [-0.15, -0.1) is 18.8 Å². The summed E-state index contributed by atoms with van der Waals surface area (Å²) in [6.07, 6.45) is 9.75. The second-order valence-corrected chi connectivity index (χ2v) is 2.90.